The highest BCUT2D eigenvalue weighted by molar-refractivity contribution is 9.09. The lowest BCUT2D eigenvalue weighted by molar-refractivity contribution is 0.0988. The largest absolute Gasteiger partial charge is 0.294 e. The first-order valence-corrected chi connectivity index (χ1v) is 5.66. The Balaban J connectivity index is 3.05. The molecular weight excluding hydrogens is 266 g/mol. The van der Waals surface area contributed by atoms with Crippen LogP contribution in [0, 0.1) is 6.92 Å². The van der Waals surface area contributed by atoms with E-state index in [9.17, 15) is 13.6 Å². The number of carbonyl (C=O) groups is 1. The molecule has 0 saturated heterocycles. The van der Waals surface area contributed by atoms with E-state index in [1.54, 1.807) is 13.0 Å². The summed E-state index contributed by atoms with van der Waals surface area (Å²) in [6.07, 6.45) is -2.20. The van der Waals surface area contributed by atoms with Gasteiger partial charge >= 0.3 is 0 Å². The lowest BCUT2D eigenvalue weighted by Gasteiger charge is -2.06. The fraction of sp³-hybridized carbons (Fsp3) is 0.364. The molecule has 1 aromatic rings. The van der Waals surface area contributed by atoms with E-state index in [-0.39, 0.29) is 11.3 Å². The number of hydrogen-bond acceptors (Lipinski definition) is 1. The average molecular weight is 277 g/mol. The summed E-state index contributed by atoms with van der Waals surface area (Å²) in [4.78, 5) is 11.6. The maximum absolute atomic E-state index is 12.4. The van der Waals surface area contributed by atoms with E-state index in [2.05, 4.69) is 15.9 Å². The number of ketones is 1. The normalized spacial score (nSPS) is 10.7. The van der Waals surface area contributed by atoms with Crippen LogP contribution >= 0.6 is 15.9 Å². The van der Waals surface area contributed by atoms with Crippen molar-refractivity contribution in [3.63, 3.8) is 0 Å². The molecule has 0 aliphatic carbocycles. The molecule has 0 atom stereocenters. The number of rotatable bonds is 4. The molecule has 82 valence electrons. The van der Waals surface area contributed by atoms with Crippen molar-refractivity contribution in [2.75, 3.05) is 5.33 Å². The highest BCUT2D eigenvalue weighted by atomic mass is 79.9. The van der Waals surface area contributed by atoms with Gasteiger partial charge in [0.15, 0.2) is 5.78 Å². The van der Waals surface area contributed by atoms with Gasteiger partial charge in [0.05, 0.1) is 0 Å². The average Bonchev–Trinajstić information content (AvgIpc) is 2.18. The number of carbonyl (C=O) groups excluding carboxylic acids is 1. The van der Waals surface area contributed by atoms with Crippen LogP contribution in [0.1, 0.15) is 34.3 Å². The molecular formula is C11H11BrF2O. The van der Waals surface area contributed by atoms with Crippen LogP contribution in [0.5, 0.6) is 0 Å². The predicted octanol–water partition coefficient (Wildman–Crippen LogP) is 3.90. The molecule has 0 unspecified atom stereocenters. The van der Waals surface area contributed by atoms with Crippen molar-refractivity contribution >= 4 is 21.7 Å². The van der Waals surface area contributed by atoms with Crippen molar-refractivity contribution in [1.82, 2.24) is 0 Å². The van der Waals surface area contributed by atoms with Crippen molar-refractivity contribution in [1.29, 1.82) is 0 Å². The van der Waals surface area contributed by atoms with Crippen molar-refractivity contribution in [3.05, 3.63) is 34.9 Å². The Hall–Kier alpha value is -0.770. The first-order chi connectivity index (χ1) is 7.06. The quantitative estimate of drug-likeness (QED) is 0.602. The summed E-state index contributed by atoms with van der Waals surface area (Å²) in [5, 5.41) is 0.546. The predicted molar refractivity (Wildman–Crippen MR) is 58.9 cm³/mol. The van der Waals surface area contributed by atoms with Crippen LogP contribution in [0.25, 0.3) is 0 Å². The van der Waals surface area contributed by atoms with Gasteiger partial charge in [-0.3, -0.25) is 4.79 Å². The molecule has 4 heteroatoms. The minimum Gasteiger partial charge on any atom is -0.294 e. The first-order valence-electron chi connectivity index (χ1n) is 4.54. The van der Waals surface area contributed by atoms with Crippen molar-refractivity contribution in [2.24, 2.45) is 0 Å². The van der Waals surface area contributed by atoms with E-state index in [1.165, 1.54) is 12.1 Å². The van der Waals surface area contributed by atoms with Gasteiger partial charge in [-0.2, -0.15) is 0 Å². The van der Waals surface area contributed by atoms with Crippen LogP contribution in [0.4, 0.5) is 8.78 Å². The molecule has 0 radical (unpaired) electrons. The van der Waals surface area contributed by atoms with Gasteiger partial charge in [-0.15, -0.1) is 0 Å². The minimum atomic E-state index is -2.53. The Morgan fingerprint density at radius 3 is 2.67 bits per heavy atom. The number of alkyl halides is 3. The number of Topliss-reactive ketones (excluding diaryl/α,β-unsaturated/α-hetero) is 1. The fourth-order valence-electron chi connectivity index (χ4n) is 1.30. The summed E-state index contributed by atoms with van der Waals surface area (Å²) < 4.78 is 24.8. The van der Waals surface area contributed by atoms with E-state index < -0.39 is 6.43 Å². The first kappa shape index (κ1) is 12.3. The maximum Gasteiger partial charge on any atom is 0.263 e. The van der Waals surface area contributed by atoms with Gasteiger partial charge in [0.1, 0.15) is 0 Å². The summed E-state index contributed by atoms with van der Waals surface area (Å²) in [6.45, 7) is 1.75. The van der Waals surface area contributed by atoms with Crippen LogP contribution < -0.4 is 0 Å². The Morgan fingerprint density at radius 2 is 2.13 bits per heavy atom. The highest BCUT2D eigenvalue weighted by Crippen LogP contribution is 2.22. The summed E-state index contributed by atoms with van der Waals surface area (Å²) in [7, 11) is 0. The number of hydrogen-bond donors (Lipinski definition) is 0. The standard InChI is InChI=1S/C11H11BrF2O/c1-7-2-3-8(11(13)14)6-9(7)10(15)4-5-12/h2-3,6,11H,4-5H2,1H3. The Kier molecular flexibility index (Phi) is 4.39. The van der Waals surface area contributed by atoms with Gasteiger partial charge in [0, 0.05) is 22.9 Å². The highest BCUT2D eigenvalue weighted by Gasteiger charge is 2.13. The zero-order valence-corrected chi connectivity index (χ0v) is 9.85. The monoisotopic (exact) mass is 276 g/mol. The van der Waals surface area contributed by atoms with Crippen LogP contribution in [-0.2, 0) is 0 Å². The molecule has 0 spiro atoms. The molecule has 0 heterocycles. The van der Waals surface area contributed by atoms with Gasteiger partial charge < -0.3 is 0 Å². The smallest absolute Gasteiger partial charge is 0.263 e. The Labute approximate surface area is 95.6 Å². The Bertz CT molecular complexity index is 364. The van der Waals surface area contributed by atoms with Crippen LogP contribution in [0.3, 0.4) is 0 Å². The number of aryl methyl sites for hydroxylation is 1. The Morgan fingerprint density at radius 1 is 1.47 bits per heavy atom. The maximum atomic E-state index is 12.4. The number of benzene rings is 1. The third-order valence-electron chi connectivity index (χ3n) is 2.14. The molecule has 1 nitrogen and oxygen atoms in total. The second-order valence-electron chi connectivity index (χ2n) is 3.24. The molecule has 0 fully saturated rings. The second kappa shape index (κ2) is 5.35. The topological polar surface area (TPSA) is 17.1 Å². The SMILES string of the molecule is Cc1ccc(C(F)F)cc1C(=O)CCBr. The van der Waals surface area contributed by atoms with E-state index in [0.29, 0.717) is 17.3 Å². The van der Waals surface area contributed by atoms with Crippen molar-refractivity contribution in [3.8, 4) is 0 Å². The molecule has 1 rings (SSSR count). The van der Waals surface area contributed by atoms with Gasteiger partial charge in [-0.1, -0.05) is 28.1 Å². The molecule has 0 N–H and O–H groups in total. The molecule has 15 heavy (non-hydrogen) atoms. The molecule has 0 aliphatic rings. The van der Waals surface area contributed by atoms with Crippen molar-refractivity contribution < 1.29 is 13.6 Å². The second-order valence-corrected chi connectivity index (χ2v) is 4.03. The molecule has 0 bridgehead atoms. The molecule has 0 aromatic heterocycles. The molecule has 0 saturated carbocycles. The summed E-state index contributed by atoms with van der Waals surface area (Å²) in [5.74, 6) is -0.105. The van der Waals surface area contributed by atoms with E-state index in [1.807, 2.05) is 0 Å². The molecule has 1 aromatic carbocycles. The lowest BCUT2D eigenvalue weighted by atomic mass is 10.0. The van der Waals surface area contributed by atoms with Gasteiger partial charge in [0.2, 0.25) is 0 Å². The summed E-state index contributed by atoms with van der Waals surface area (Å²) >= 11 is 3.15. The van der Waals surface area contributed by atoms with E-state index in [0.717, 1.165) is 5.56 Å². The lowest BCUT2D eigenvalue weighted by Crippen LogP contribution is -2.03. The third-order valence-corrected chi connectivity index (χ3v) is 2.53. The van der Waals surface area contributed by atoms with Gasteiger partial charge in [0.25, 0.3) is 6.43 Å². The van der Waals surface area contributed by atoms with Crippen LogP contribution in [0.2, 0.25) is 0 Å². The zero-order valence-electron chi connectivity index (χ0n) is 8.27. The van der Waals surface area contributed by atoms with Crippen molar-refractivity contribution in [2.45, 2.75) is 19.8 Å². The summed E-state index contributed by atoms with van der Waals surface area (Å²) in [5.41, 5.74) is 1.04. The molecule has 0 aliphatic heterocycles. The summed E-state index contributed by atoms with van der Waals surface area (Å²) in [6, 6.07) is 4.19. The zero-order chi connectivity index (χ0) is 11.4. The van der Waals surface area contributed by atoms with Crippen LogP contribution in [0.15, 0.2) is 18.2 Å². The third kappa shape index (κ3) is 3.09. The van der Waals surface area contributed by atoms with E-state index >= 15 is 0 Å². The molecule has 0 amide bonds. The van der Waals surface area contributed by atoms with Gasteiger partial charge in [-0.25, -0.2) is 8.78 Å². The van der Waals surface area contributed by atoms with Crippen LogP contribution in [-0.4, -0.2) is 11.1 Å². The number of halogens is 3. The van der Waals surface area contributed by atoms with Gasteiger partial charge in [-0.05, 0) is 18.6 Å². The van der Waals surface area contributed by atoms with E-state index in [4.69, 9.17) is 0 Å². The minimum absolute atomic E-state index is 0.0986. The fourth-order valence-corrected chi connectivity index (χ4v) is 1.66.